The highest BCUT2D eigenvalue weighted by molar-refractivity contribution is 5.42. The van der Waals surface area contributed by atoms with Crippen molar-refractivity contribution in [3.63, 3.8) is 0 Å². The fourth-order valence-corrected chi connectivity index (χ4v) is 4.18. The number of aliphatic hydroxyl groups is 1. The number of rotatable bonds is 9. The van der Waals surface area contributed by atoms with Gasteiger partial charge in [-0.25, -0.2) is 5.01 Å². The summed E-state index contributed by atoms with van der Waals surface area (Å²) in [4.78, 5) is 0. The summed E-state index contributed by atoms with van der Waals surface area (Å²) < 4.78 is 0. The topological polar surface area (TPSA) is 49.5 Å². The molecular formula is C25H30N2O. The van der Waals surface area contributed by atoms with E-state index in [-0.39, 0.29) is 12.6 Å². The van der Waals surface area contributed by atoms with Gasteiger partial charge in [-0.3, -0.25) is 5.84 Å². The summed E-state index contributed by atoms with van der Waals surface area (Å²) >= 11 is 0. The molecule has 0 unspecified atom stereocenters. The molecule has 0 spiro atoms. The minimum absolute atomic E-state index is 0.00577. The van der Waals surface area contributed by atoms with Crippen LogP contribution in [0.5, 0.6) is 0 Å². The molecule has 3 N–H and O–H groups in total. The number of benzene rings is 3. The molecule has 3 heteroatoms. The van der Waals surface area contributed by atoms with Crippen LogP contribution >= 0.6 is 0 Å². The number of hydrazine groups is 1. The van der Waals surface area contributed by atoms with Gasteiger partial charge in [-0.05, 0) is 23.1 Å². The zero-order chi connectivity index (χ0) is 19.8. The Morgan fingerprint density at radius 3 is 1.71 bits per heavy atom. The monoisotopic (exact) mass is 374 g/mol. The fourth-order valence-electron chi connectivity index (χ4n) is 4.18. The van der Waals surface area contributed by atoms with E-state index < -0.39 is 5.41 Å². The maximum atomic E-state index is 10.8. The summed E-state index contributed by atoms with van der Waals surface area (Å²) in [5.41, 5.74) is 2.75. The SMILES string of the molecule is CCC[C@H](N(N)Cc1ccccc1)C(CO)(c1ccccc1)c1ccccc1. The first-order valence-corrected chi connectivity index (χ1v) is 9.99. The highest BCUT2D eigenvalue weighted by Crippen LogP contribution is 2.39. The molecule has 0 aliphatic heterocycles. The molecule has 3 aromatic rings. The third-order valence-corrected chi connectivity index (χ3v) is 5.57. The molecule has 0 fully saturated rings. The largest absolute Gasteiger partial charge is 0.395 e. The van der Waals surface area contributed by atoms with Crippen LogP contribution in [-0.2, 0) is 12.0 Å². The van der Waals surface area contributed by atoms with Crippen molar-refractivity contribution in [3.8, 4) is 0 Å². The van der Waals surface area contributed by atoms with E-state index in [0.29, 0.717) is 6.54 Å². The highest BCUT2D eigenvalue weighted by atomic mass is 16.3. The van der Waals surface area contributed by atoms with Gasteiger partial charge in [0, 0.05) is 12.6 Å². The highest BCUT2D eigenvalue weighted by Gasteiger charge is 2.43. The van der Waals surface area contributed by atoms with Crippen molar-refractivity contribution in [2.24, 2.45) is 5.84 Å². The van der Waals surface area contributed by atoms with Gasteiger partial charge in [-0.15, -0.1) is 0 Å². The maximum absolute atomic E-state index is 10.8. The Hall–Kier alpha value is -2.46. The van der Waals surface area contributed by atoms with Crippen LogP contribution in [0, 0.1) is 0 Å². The predicted molar refractivity (Wildman–Crippen MR) is 116 cm³/mol. The van der Waals surface area contributed by atoms with Crippen LogP contribution in [0.25, 0.3) is 0 Å². The lowest BCUT2D eigenvalue weighted by atomic mass is 9.68. The molecule has 3 rings (SSSR count). The second-order valence-corrected chi connectivity index (χ2v) is 7.32. The molecule has 0 aliphatic rings. The Morgan fingerprint density at radius 2 is 1.29 bits per heavy atom. The van der Waals surface area contributed by atoms with E-state index in [0.717, 1.165) is 24.0 Å². The normalized spacial score (nSPS) is 12.9. The average Bonchev–Trinajstić information content (AvgIpc) is 2.76. The number of nitrogens with two attached hydrogens (primary N) is 1. The Kier molecular flexibility index (Phi) is 6.99. The Morgan fingerprint density at radius 1 is 0.821 bits per heavy atom. The first kappa shape index (κ1) is 20.3. The Labute approximate surface area is 168 Å². The summed E-state index contributed by atoms with van der Waals surface area (Å²) in [6.07, 6.45) is 1.86. The van der Waals surface area contributed by atoms with Gasteiger partial charge in [0.1, 0.15) is 0 Å². The number of hydrogen-bond acceptors (Lipinski definition) is 3. The summed E-state index contributed by atoms with van der Waals surface area (Å²) in [6, 6.07) is 30.8. The van der Waals surface area contributed by atoms with Crippen LogP contribution in [0.4, 0.5) is 0 Å². The lowest BCUT2D eigenvalue weighted by molar-refractivity contribution is 0.0776. The van der Waals surface area contributed by atoms with Crippen LogP contribution in [0.1, 0.15) is 36.5 Å². The van der Waals surface area contributed by atoms with E-state index in [1.807, 2.05) is 59.6 Å². The molecule has 146 valence electrons. The second kappa shape index (κ2) is 9.65. The molecule has 0 heterocycles. The Balaban J connectivity index is 2.09. The van der Waals surface area contributed by atoms with Gasteiger partial charge in [-0.1, -0.05) is 104 Å². The molecule has 3 nitrogen and oxygen atoms in total. The van der Waals surface area contributed by atoms with Crippen molar-refractivity contribution in [1.82, 2.24) is 5.01 Å². The second-order valence-electron chi connectivity index (χ2n) is 7.32. The number of nitrogens with zero attached hydrogens (tertiary/aromatic N) is 1. The van der Waals surface area contributed by atoms with E-state index >= 15 is 0 Å². The van der Waals surface area contributed by atoms with Crippen LogP contribution in [-0.4, -0.2) is 22.8 Å². The van der Waals surface area contributed by atoms with Gasteiger partial charge in [0.05, 0.1) is 12.0 Å². The molecule has 0 radical (unpaired) electrons. The molecule has 28 heavy (non-hydrogen) atoms. The van der Waals surface area contributed by atoms with Crippen LogP contribution in [0.3, 0.4) is 0 Å². The molecule has 3 aromatic carbocycles. The third kappa shape index (κ3) is 4.17. The predicted octanol–water partition coefficient (Wildman–Crippen LogP) is 4.51. The number of hydrogen-bond donors (Lipinski definition) is 2. The van der Waals surface area contributed by atoms with Crippen molar-refractivity contribution < 1.29 is 5.11 Å². The summed E-state index contributed by atoms with van der Waals surface area (Å²) in [5, 5.41) is 12.7. The summed E-state index contributed by atoms with van der Waals surface area (Å²) in [7, 11) is 0. The van der Waals surface area contributed by atoms with E-state index in [1.165, 1.54) is 5.56 Å². The molecule has 0 bridgehead atoms. The van der Waals surface area contributed by atoms with Gasteiger partial charge in [0.2, 0.25) is 0 Å². The zero-order valence-electron chi connectivity index (χ0n) is 16.5. The van der Waals surface area contributed by atoms with Crippen LogP contribution in [0.15, 0.2) is 91.0 Å². The van der Waals surface area contributed by atoms with Gasteiger partial charge in [0.25, 0.3) is 0 Å². The first-order chi connectivity index (χ1) is 13.7. The quantitative estimate of drug-likeness (QED) is 0.428. The number of aliphatic hydroxyl groups excluding tert-OH is 1. The minimum Gasteiger partial charge on any atom is -0.395 e. The van der Waals surface area contributed by atoms with Crippen molar-refractivity contribution in [1.29, 1.82) is 0 Å². The van der Waals surface area contributed by atoms with E-state index in [2.05, 4.69) is 43.3 Å². The molecule has 0 aromatic heterocycles. The third-order valence-electron chi connectivity index (χ3n) is 5.57. The lowest BCUT2D eigenvalue weighted by Gasteiger charge is -2.45. The van der Waals surface area contributed by atoms with E-state index in [4.69, 9.17) is 5.84 Å². The minimum atomic E-state index is -0.595. The molecule has 0 saturated heterocycles. The van der Waals surface area contributed by atoms with E-state index in [1.54, 1.807) is 0 Å². The van der Waals surface area contributed by atoms with Crippen molar-refractivity contribution in [3.05, 3.63) is 108 Å². The van der Waals surface area contributed by atoms with Gasteiger partial charge < -0.3 is 5.11 Å². The molecule has 0 aliphatic carbocycles. The smallest absolute Gasteiger partial charge is 0.0602 e. The van der Waals surface area contributed by atoms with Crippen molar-refractivity contribution in [2.45, 2.75) is 37.8 Å². The molecule has 0 amide bonds. The van der Waals surface area contributed by atoms with E-state index in [9.17, 15) is 5.11 Å². The molecule has 1 atom stereocenters. The zero-order valence-corrected chi connectivity index (χ0v) is 16.5. The summed E-state index contributed by atoms with van der Waals surface area (Å²) in [6.45, 7) is 2.79. The van der Waals surface area contributed by atoms with Crippen LogP contribution < -0.4 is 5.84 Å². The van der Waals surface area contributed by atoms with Gasteiger partial charge >= 0.3 is 0 Å². The van der Waals surface area contributed by atoms with Crippen molar-refractivity contribution in [2.75, 3.05) is 6.61 Å². The summed E-state index contributed by atoms with van der Waals surface area (Å²) in [5.74, 6) is 6.69. The molecule has 0 saturated carbocycles. The lowest BCUT2D eigenvalue weighted by Crippen LogP contribution is -2.55. The van der Waals surface area contributed by atoms with Gasteiger partial charge in [0.15, 0.2) is 0 Å². The average molecular weight is 375 g/mol. The van der Waals surface area contributed by atoms with Gasteiger partial charge in [-0.2, -0.15) is 0 Å². The fraction of sp³-hybridized carbons (Fsp3) is 0.280. The standard InChI is InChI=1S/C25H30N2O/c1-2-12-24(27(26)19-21-13-6-3-7-14-21)25(20-28,22-15-8-4-9-16-22)23-17-10-5-11-18-23/h3-11,13-18,24,28H,2,12,19-20,26H2,1H3/t24-/m0/s1. The molecular weight excluding hydrogens is 344 g/mol. The van der Waals surface area contributed by atoms with Crippen LogP contribution in [0.2, 0.25) is 0 Å². The Bertz CT molecular complexity index is 781. The maximum Gasteiger partial charge on any atom is 0.0602 e. The van der Waals surface area contributed by atoms with Crippen molar-refractivity contribution >= 4 is 0 Å². The first-order valence-electron chi connectivity index (χ1n) is 9.99.